The van der Waals surface area contributed by atoms with Crippen LogP contribution in [-0.2, 0) is 16.0 Å². The first kappa shape index (κ1) is 15.7. The number of hydrogen-bond acceptors (Lipinski definition) is 4. The van der Waals surface area contributed by atoms with Gasteiger partial charge in [0.1, 0.15) is 0 Å². The van der Waals surface area contributed by atoms with E-state index in [1.165, 1.54) is 5.56 Å². The maximum atomic E-state index is 5.49. The zero-order valence-corrected chi connectivity index (χ0v) is 12.7. The molecular weight excluding hydrogens is 266 g/mol. The smallest absolute Gasteiger partial charge is 0.169 e. The van der Waals surface area contributed by atoms with Gasteiger partial charge in [0.05, 0.1) is 5.69 Å². The van der Waals surface area contributed by atoms with Gasteiger partial charge in [0.25, 0.3) is 0 Å². The zero-order chi connectivity index (χ0) is 14.9. The van der Waals surface area contributed by atoms with E-state index in [-0.39, 0.29) is 6.29 Å². The van der Waals surface area contributed by atoms with Gasteiger partial charge in [-0.3, -0.25) is 0 Å². The topological polar surface area (TPSA) is 48.3 Å². The molecule has 2 aromatic rings. The van der Waals surface area contributed by atoms with Gasteiger partial charge in [0.15, 0.2) is 6.29 Å². The Kier molecular flexibility index (Phi) is 6.40. The lowest BCUT2D eigenvalue weighted by molar-refractivity contribution is -0.133. The zero-order valence-electron chi connectivity index (χ0n) is 12.7. The first-order chi connectivity index (χ1) is 10.3. The number of benzene rings is 1. The molecule has 0 aliphatic rings. The van der Waals surface area contributed by atoms with E-state index in [1.54, 1.807) is 6.20 Å². The van der Waals surface area contributed by atoms with Crippen molar-refractivity contribution in [2.75, 3.05) is 19.8 Å². The van der Waals surface area contributed by atoms with Gasteiger partial charge in [-0.05, 0) is 37.6 Å². The summed E-state index contributed by atoms with van der Waals surface area (Å²) in [6.45, 7) is 6.73. The average molecular weight is 289 g/mol. The minimum absolute atomic E-state index is 0.177. The second-order valence-corrected chi connectivity index (χ2v) is 4.59. The summed E-state index contributed by atoms with van der Waals surface area (Å²) in [6, 6.07) is 10.2. The predicted octanol–water partition coefficient (Wildman–Crippen LogP) is 2.36. The molecule has 1 aromatic heterocycles. The predicted molar refractivity (Wildman–Crippen MR) is 82.3 cm³/mol. The molecule has 1 aromatic carbocycles. The Balaban J connectivity index is 1.80. The average Bonchev–Trinajstić information content (AvgIpc) is 3.03. The van der Waals surface area contributed by atoms with Crippen LogP contribution in [-0.4, -0.2) is 35.8 Å². The molecule has 21 heavy (non-hydrogen) atoms. The molecule has 0 bridgehead atoms. The minimum atomic E-state index is -0.177. The molecule has 0 unspecified atom stereocenters. The van der Waals surface area contributed by atoms with Crippen LogP contribution >= 0.6 is 0 Å². The molecule has 0 atom stereocenters. The van der Waals surface area contributed by atoms with Crippen molar-refractivity contribution < 1.29 is 9.47 Å². The fourth-order valence-corrected chi connectivity index (χ4v) is 2.06. The molecule has 0 fully saturated rings. The number of aromatic nitrogens is 2. The van der Waals surface area contributed by atoms with Crippen molar-refractivity contribution in [1.82, 2.24) is 15.1 Å². The van der Waals surface area contributed by atoms with Crippen LogP contribution < -0.4 is 5.32 Å². The van der Waals surface area contributed by atoms with Gasteiger partial charge in [-0.15, -0.1) is 0 Å². The summed E-state index contributed by atoms with van der Waals surface area (Å²) >= 11 is 0. The van der Waals surface area contributed by atoms with Crippen molar-refractivity contribution in [2.45, 2.75) is 26.7 Å². The van der Waals surface area contributed by atoms with Gasteiger partial charge in [-0.25, -0.2) is 4.68 Å². The first-order valence-corrected chi connectivity index (χ1v) is 7.36. The van der Waals surface area contributed by atoms with Crippen molar-refractivity contribution >= 4 is 0 Å². The van der Waals surface area contributed by atoms with Crippen LogP contribution in [0.2, 0.25) is 0 Å². The van der Waals surface area contributed by atoms with E-state index >= 15 is 0 Å². The molecular formula is C16H23N3O2. The molecule has 1 heterocycles. The molecule has 0 radical (unpaired) electrons. The van der Waals surface area contributed by atoms with E-state index in [9.17, 15) is 0 Å². The summed E-state index contributed by atoms with van der Waals surface area (Å²) in [5.74, 6) is 0. The van der Waals surface area contributed by atoms with Gasteiger partial charge in [0, 0.05) is 38.7 Å². The lowest BCUT2D eigenvalue weighted by Gasteiger charge is -2.17. The molecule has 0 saturated carbocycles. The molecule has 0 aliphatic carbocycles. The van der Waals surface area contributed by atoms with Crippen molar-refractivity contribution in [2.24, 2.45) is 0 Å². The van der Waals surface area contributed by atoms with E-state index in [0.717, 1.165) is 12.2 Å². The molecule has 2 rings (SSSR count). The Morgan fingerprint density at radius 3 is 2.43 bits per heavy atom. The summed E-state index contributed by atoms with van der Waals surface area (Å²) in [6.07, 6.45) is 3.53. The summed E-state index contributed by atoms with van der Waals surface area (Å²) in [4.78, 5) is 0. The molecule has 0 aliphatic heterocycles. The Morgan fingerprint density at radius 2 is 1.86 bits per heavy atom. The van der Waals surface area contributed by atoms with Gasteiger partial charge in [-0.2, -0.15) is 5.10 Å². The molecule has 0 saturated heterocycles. The highest BCUT2D eigenvalue weighted by molar-refractivity contribution is 5.33. The van der Waals surface area contributed by atoms with Crippen LogP contribution in [0.3, 0.4) is 0 Å². The van der Waals surface area contributed by atoms with E-state index in [0.29, 0.717) is 19.8 Å². The first-order valence-electron chi connectivity index (χ1n) is 7.36. The largest absolute Gasteiger partial charge is 0.352 e. The standard InChI is InChI=1S/C16H23N3O2/c1-3-20-16(21-4-2)13-17-12-14-6-8-15(9-7-14)19-11-5-10-18-19/h5-11,16-17H,3-4,12-13H2,1-2H3. The van der Waals surface area contributed by atoms with Crippen LogP contribution in [0.15, 0.2) is 42.7 Å². The molecule has 5 heteroatoms. The third-order valence-electron chi connectivity index (χ3n) is 3.05. The molecule has 5 nitrogen and oxygen atoms in total. The minimum Gasteiger partial charge on any atom is -0.352 e. The maximum absolute atomic E-state index is 5.49. The van der Waals surface area contributed by atoms with E-state index < -0.39 is 0 Å². The lowest BCUT2D eigenvalue weighted by Crippen LogP contribution is -2.31. The number of nitrogens with zero attached hydrogens (tertiary/aromatic N) is 2. The number of ether oxygens (including phenoxy) is 2. The van der Waals surface area contributed by atoms with Gasteiger partial charge >= 0.3 is 0 Å². The van der Waals surface area contributed by atoms with Crippen LogP contribution in [0.4, 0.5) is 0 Å². The number of nitrogens with one attached hydrogen (secondary N) is 1. The highest BCUT2D eigenvalue weighted by Crippen LogP contribution is 2.08. The maximum Gasteiger partial charge on any atom is 0.169 e. The third kappa shape index (κ3) is 4.97. The molecule has 1 N–H and O–H groups in total. The highest BCUT2D eigenvalue weighted by atomic mass is 16.7. The summed E-state index contributed by atoms with van der Waals surface area (Å²) in [5.41, 5.74) is 2.28. The van der Waals surface area contributed by atoms with Crippen molar-refractivity contribution in [3.05, 3.63) is 48.3 Å². The van der Waals surface area contributed by atoms with Gasteiger partial charge in [-0.1, -0.05) is 12.1 Å². The van der Waals surface area contributed by atoms with E-state index in [2.05, 4.69) is 34.7 Å². The molecule has 0 spiro atoms. The van der Waals surface area contributed by atoms with Crippen LogP contribution in [0.25, 0.3) is 5.69 Å². The van der Waals surface area contributed by atoms with Gasteiger partial charge in [0.2, 0.25) is 0 Å². The van der Waals surface area contributed by atoms with Crippen LogP contribution in [0, 0.1) is 0 Å². The normalized spacial score (nSPS) is 11.2. The monoisotopic (exact) mass is 289 g/mol. The number of hydrogen-bond donors (Lipinski definition) is 1. The fraction of sp³-hybridized carbons (Fsp3) is 0.438. The summed E-state index contributed by atoms with van der Waals surface area (Å²) in [7, 11) is 0. The second kappa shape index (κ2) is 8.56. The van der Waals surface area contributed by atoms with Gasteiger partial charge < -0.3 is 14.8 Å². The quantitative estimate of drug-likeness (QED) is 0.720. The Bertz CT molecular complexity index is 491. The molecule has 0 amide bonds. The summed E-state index contributed by atoms with van der Waals surface area (Å²) in [5, 5.41) is 7.56. The van der Waals surface area contributed by atoms with E-state index in [4.69, 9.17) is 9.47 Å². The number of rotatable bonds is 9. The van der Waals surface area contributed by atoms with Crippen molar-refractivity contribution in [3.63, 3.8) is 0 Å². The van der Waals surface area contributed by atoms with E-state index in [1.807, 2.05) is 30.8 Å². The Hall–Kier alpha value is -1.69. The SMILES string of the molecule is CCOC(CNCc1ccc(-n2cccn2)cc1)OCC. The van der Waals surface area contributed by atoms with Crippen molar-refractivity contribution in [3.8, 4) is 5.69 Å². The fourth-order valence-electron chi connectivity index (χ4n) is 2.06. The summed E-state index contributed by atoms with van der Waals surface area (Å²) < 4.78 is 12.8. The highest BCUT2D eigenvalue weighted by Gasteiger charge is 2.06. The van der Waals surface area contributed by atoms with Crippen LogP contribution in [0.5, 0.6) is 0 Å². The second-order valence-electron chi connectivity index (χ2n) is 4.59. The molecule has 114 valence electrons. The third-order valence-corrected chi connectivity index (χ3v) is 3.05. The Morgan fingerprint density at radius 1 is 1.14 bits per heavy atom. The van der Waals surface area contributed by atoms with Crippen molar-refractivity contribution in [1.29, 1.82) is 0 Å². The Labute approximate surface area is 125 Å². The lowest BCUT2D eigenvalue weighted by atomic mass is 10.2. The van der Waals surface area contributed by atoms with Crippen LogP contribution in [0.1, 0.15) is 19.4 Å².